The van der Waals surface area contributed by atoms with Crippen LogP contribution in [0.1, 0.15) is 13.8 Å². The van der Waals surface area contributed by atoms with Gasteiger partial charge in [-0.3, -0.25) is 0 Å². The largest absolute Gasteiger partial charge is 0.466 e. The molecule has 0 unspecified atom stereocenters. The molecule has 0 aromatic heterocycles. The molecule has 0 atom stereocenters. The third kappa shape index (κ3) is 18000. The SMILES string of the molecule is CC.O=P(O)(O)O.O=P(O)(O)O. The molecule has 0 rings (SSSR count). The zero-order valence-electron chi connectivity index (χ0n) is 6.39. The lowest BCUT2D eigenvalue weighted by Crippen LogP contribution is -1.66. The predicted molar refractivity (Wildman–Crippen MR) is 39.9 cm³/mol. The molecule has 12 heavy (non-hydrogen) atoms. The zero-order chi connectivity index (χ0) is 11.0. The van der Waals surface area contributed by atoms with Crippen molar-refractivity contribution in [3.05, 3.63) is 0 Å². The van der Waals surface area contributed by atoms with Crippen molar-refractivity contribution in [3.63, 3.8) is 0 Å². The van der Waals surface area contributed by atoms with Crippen molar-refractivity contribution in [1.82, 2.24) is 0 Å². The van der Waals surface area contributed by atoms with Crippen LogP contribution in [-0.4, -0.2) is 29.4 Å². The Kier molecular flexibility index (Phi) is 11.8. The third-order valence-electron chi connectivity index (χ3n) is 0. The van der Waals surface area contributed by atoms with Gasteiger partial charge in [-0.25, -0.2) is 9.13 Å². The van der Waals surface area contributed by atoms with E-state index < -0.39 is 15.6 Å². The van der Waals surface area contributed by atoms with Gasteiger partial charge in [-0.15, -0.1) is 0 Å². The van der Waals surface area contributed by atoms with Crippen LogP contribution in [0.3, 0.4) is 0 Å². The Morgan fingerprint density at radius 2 is 0.667 bits per heavy atom. The van der Waals surface area contributed by atoms with Gasteiger partial charge in [0.2, 0.25) is 0 Å². The monoisotopic (exact) mass is 226 g/mol. The van der Waals surface area contributed by atoms with Crippen LogP contribution in [0.2, 0.25) is 0 Å². The van der Waals surface area contributed by atoms with Crippen LogP contribution < -0.4 is 0 Å². The van der Waals surface area contributed by atoms with E-state index in [1.807, 2.05) is 13.8 Å². The molecule has 0 radical (unpaired) electrons. The quantitative estimate of drug-likeness (QED) is 0.292. The molecule has 0 aromatic carbocycles. The second-order valence-corrected chi connectivity index (χ2v) is 3.08. The van der Waals surface area contributed by atoms with Gasteiger partial charge in [0.15, 0.2) is 0 Å². The van der Waals surface area contributed by atoms with E-state index >= 15 is 0 Å². The van der Waals surface area contributed by atoms with Crippen LogP contribution in [-0.2, 0) is 9.13 Å². The molecule has 0 spiro atoms. The summed E-state index contributed by atoms with van der Waals surface area (Å²) in [5.41, 5.74) is 0. The molecular formula is C2H12O8P2. The van der Waals surface area contributed by atoms with Gasteiger partial charge in [0.1, 0.15) is 0 Å². The van der Waals surface area contributed by atoms with E-state index in [1.165, 1.54) is 0 Å². The normalized spacial score (nSPS) is 10.3. The standard InChI is InChI=1S/C2H6.2H3O4P/c1-2;2*1-5(2,3)4/h1-2H3;2*(H3,1,2,3,4). The van der Waals surface area contributed by atoms with Crippen molar-refractivity contribution in [1.29, 1.82) is 0 Å². The second kappa shape index (κ2) is 7.85. The molecular weight excluding hydrogens is 214 g/mol. The first-order valence-electron chi connectivity index (χ1n) is 2.57. The van der Waals surface area contributed by atoms with E-state index in [0.717, 1.165) is 0 Å². The first-order chi connectivity index (χ1) is 5.00. The van der Waals surface area contributed by atoms with E-state index in [9.17, 15) is 0 Å². The summed E-state index contributed by atoms with van der Waals surface area (Å²) in [6.45, 7) is 4.00. The Morgan fingerprint density at radius 1 is 0.667 bits per heavy atom. The van der Waals surface area contributed by atoms with E-state index in [4.69, 9.17) is 38.5 Å². The van der Waals surface area contributed by atoms with Gasteiger partial charge in [0, 0.05) is 0 Å². The molecule has 8 nitrogen and oxygen atoms in total. The van der Waals surface area contributed by atoms with Crippen molar-refractivity contribution < 1.29 is 38.5 Å². The van der Waals surface area contributed by atoms with Crippen molar-refractivity contribution in [3.8, 4) is 0 Å². The van der Waals surface area contributed by atoms with Crippen LogP contribution in [0, 0.1) is 0 Å². The Morgan fingerprint density at radius 3 is 0.667 bits per heavy atom. The van der Waals surface area contributed by atoms with Crippen molar-refractivity contribution in [2.75, 3.05) is 0 Å². The topological polar surface area (TPSA) is 156 Å². The maximum atomic E-state index is 8.88. The fourth-order valence-corrected chi connectivity index (χ4v) is 0. The van der Waals surface area contributed by atoms with Crippen LogP contribution in [0.25, 0.3) is 0 Å². The lowest BCUT2D eigenvalue weighted by atomic mass is 11.0. The van der Waals surface area contributed by atoms with Gasteiger partial charge in [-0.05, 0) is 0 Å². The van der Waals surface area contributed by atoms with Crippen molar-refractivity contribution in [2.45, 2.75) is 13.8 Å². The Balaban J connectivity index is -0.000000112. The number of phosphoric acid groups is 2. The van der Waals surface area contributed by atoms with Gasteiger partial charge in [-0.2, -0.15) is 0 Å². The Bertz CT molecular complexity index is 127. The summed E-state index contributed by atoms with van der Waals surface area (Å²) in [6.07, 6.45) is 0. The summed E-state index contributed by atoms with van der Waals surface area (Å²) in [5, 5.41) is 0. The molecule has 0 bridgehead atoms. The summed E-state index contributed by atoms with van der Waals surface area (Å²) < 4.78 is 17.8. The minimum Gasteiger partial charge on any atom is -0.303 e. The smallest absolute Gasteiger partial charge is 0.303 e. The second-order valence-electron chi connectivity index (χ2n) is 1.03. The Hall–Kier alpha value is 0.220. The maximum absolute atomic E-state index is 8.88. The molecule has 0 saturated heterocycles. The predicted octanol–water partition coefficient (Wildman–Crippen LogP) is -0.831. The fourth-order valence-electron chi connectivity index (χ4n) is 0. The van der Waals surface area contributed by atoms with Gasteiger partial charge < -0.3 is 29.4 Å². The van der Waals surface area contributed by atoms with Crippen LogP contribution in [0.15, 0.2) is 0 Å². The minimum absolute atomic E-state index is 2.00. The summed E-state index contributed by atoms with van der Waals surface area (Å²) in [5.74, 6) is 0. The molecule has 78 valence electrons. The molecule has 0 aliphatic carbocycles. The van der Waals surface area contributed by atoms with E-state index in [2.05, 4.69) is 0 Å². The maximum Gasteiger partial charge on any atom is 0.466 e. The first kappa shape index (κ1) is 18.1. The van der Waals surface area contributed by atoms with Gasteiger partial charge in [0.25, 0.3) is 0 Å². The molecule has 10 heteroatoms. The van der Waals surface area contributed by atoms with Gasteiger partial charge in [-0.1, -0.05) is 13.8 Å². The lowest BCUT2D eigenvalue weighted by Gasteiger charge is -1.82. The molecule has 6 N–H and O–H groups in total. The first-order valence-corrected chi connectivity index (χ1v) is 5.70. The number of hydrogen-bond donors (Lipinski definition) is 6. The highest BCUT2D eigenvalue weighted by molar-refractivity contribution is 7.45. The average Bonchev–Trinajstić information content (AvgIpc) is 1.59. The highest BCUT2D eigenvalue weighted by Gasteiger charge is 2.00. The van der Waals surface area contributed by atoms with E-state index in [-0.39, 0.29) is 0 Å². The lowest BCUT2D eigenvalue weighted by molar-refractivity contribution is 0.272. The van der Waals surface area contributed by atoms with E-state index in [1.54, 1.807) is 0 Å². The molecule has 0 saturated carbocycles. The summed E-state index contributed by atoms with van der Waals surface area (Å²) in [4.78, 5) is 43.1. The highest BCUT2D eigenvalue weighted by Crippen LogP contribution is 2.26. The molecule has 0 amide bonds. The molecule has 0 aromatic rings. The van der Waals surface area contributed by atoms with Crippen LogP contribution in [0.4, 0.5) is 0 Å². The van der Waals surface area contributed by atoms with Crippen LogP contribution in [0.5, 0.6) is 0 Å². The summed E-state index contributed by atoms with van der Waals surface area (Å²) in [7, 11) is -9.28. The fraction of sp³-hybridized carbons (Fsp3) is 1.00. The Labute approximate surface area is 69.0 Å². The van der Waals surface area contributed by atoms with Crippen molar-refractivity contribution in [2.24, 2.45) is 0 Å². The molecule has 0 aliphatic heterocycles. The van der Waals surface area contributed by atoms with Crippen LogP contribution >= 0.6 is 15.6 Å². The number of rotatable bonds is 0. The third-order valence-corrected chi connectivity index (χ3v) is 0. The minimum atomic E-state index is -4.64. The number of hydrogen-bond acceptors (Lipinski definition) is 2. The molecule has 0 fully saturated rings. The zero-order valence-corrected chi connectivity index (χ0v) is 8.18. The average molecular weight is 226 g/mol. The summed E-state index contributed by atoms with van der Waals surface area (Å²) in [6, 6.07) is 0. The highest BCUT2D eigenvalue weighted by atomic mass is 31.2. The van der Waals surface area contributed by atoms with Gasteiger partial charge in [0.05, 0.1) is 0 Å². The molecule has 0 aliphatic rings. The molecule has 0 heterocycles. The van der Waals surface area contributed by atoms with Crippen molar-refractivity contribution >= 4 is 15.6 Å². The summed E-state index contributed by atoms with van der Waals surface area (Å²) >= 11 is 0. The van der Waals surface area contributed by atoms with Gasteiger partial charge >= 0.3 is 15.6 Å². The van der Waals surface area contributed by atoms with E-state index in [0.29, 0.717) is 0 Å².